The van der Waals surface area contributed by atoms with Gasteiger partial charge in [-0.15, -0.1) is 0 Å². The van der Waals surface area contributed by atoms with E-state index in [0.29, 0.717) is 19.3 Å². The lowest BCUT2D eigenvalue weighted by molar-refractivity contribution is 0.131. The van der Waals surface area contributed by atoms with Gasteiger partial charge >= 0.3 is 0 Å². The fourth-order valence-electron chi connectivity index (χ4n) is 3.33. The van der Waals surface area contributed by atoms with E-state index in [4.69, 9.17) is 9.47 Å². The molecule has 1 saturated heterocycles. The van der Waals surface area contributed by atoms with E-state index in [1.165, 1.54) is 11.1 Å². The molecule has 0 saturated carbocycles. The number of ether oxygens (including phenoxy) is 2. The highest BCUT2D eigenvalue weighted by Crippen LogP contribution is 2.26. The monoisotopic (exact) mass is 341 g/mol. The largest absolute Gasteiger partial charge is 0.496 e. The molecule has 0 amide bonds. The molecule has 1 aliphatic rings. The molecular weight excluding hydrogens is 314 g/mol. The lowest BCUT2D eigenvalue weighted by atomic mass is 10.0. The molecule has 0 radical (unpaired) electrons. The zero-order valence-electron chi connectivity index (χ0n) is 15.1. The van der Waals surface area contributed by atoms with Gasteiger partial charge in [-0.1, -0.05) is 12.1 Å². The molecule has 1 aliphatic heterocycles. The van der Waals surface area contributed by atoms with Crippen molar-refractivity contribution in [3.05, 3.63) is 59.4 Å². The van der Waals surface area contributed by atoms with Gasteiger partial charge in [0.25, 0.3) is 0 Å². The molecule has 2 aromatic rings. The van der Waals surface area contributed by atoms with E-state index < -0.39 is 0 Å². The summed E-state index contributed by atoms with van der Waals surface area (Å²) in [4.78, 5) is 6.80. The number of hydrogen-bond donors (Lipinski definition) is 1. The number of pyridine rings is 1. The topological polar surface area (TPSA) is 46.6 Å². The molecule has 1 aromatic carbocycles. The Balaban J connectivity index is 1.77. The smallest absolute Gasteiger partial charge is 0.124 e. The summed E-state index contributed by atoms with van der Waals surface area (Å²) < 4.78 is 11.1. The second-order valence-corrected chi connectivity index (χ2v) is 6.26. The Labute approximate surface area is 150 Å². The second-order valence-electron chi connectivity index (χ2n) is 6.26. The van der Waals surface area contributed by atoms with E-state index in [9.17, 15) is 0 Å². The first-order chi connectivity index (χ1) is 12.3. The molecule has 0 bridgehead atoms. The van der Waals surface area contributed by atoms with Crippen LogP contribution < -0.4 is 10.1 Å². The normalized spacial score (nSPS) is 18.2. The Hall–Kier alpha value is -1.95. The van der Waals surface area contributed by atoms with Gasteiger partial charge in [0.2, 0.25) is 0 Å². The predicted molar refractivity (Wildman–Crippen MR) is 98.6 cm³/mol. The highest BCUT2D eigenvalue weighted by atomic mass is 16.5. The molecule has 2 heterocycles. The maximum Gasteiger partial charge on any atom is 0.124 e. The molecular formula is C20H27N3O2. The maximum atomic E-state index is 5.59. The molecule has 3 rings (SSSR count). The minimum atomic E-state index is 0.347. The maximum absolute atomic E-state index is 5.59. The molecule has 1 unspecified atom stereocenters. The number of nitrogens with zero attached hydrogens (tertiary/aromatic N) is 2. The minimum Gasteiger partial charge on any atom is -0.496 e. The van der Waals surface area contributed by atoms with Crippen LogP contribution in [0.4, 0.5) is 0 Å². The van der Waals surface area contributed by atoms with Crippen LogP contribution in [0.25, 0.3) is 0 Å². The summed E-state index contributed by atoms with van der Waals surface area (Å²) in [7, 11) is 1.71. The first kappa shape index (κ1) is 17.9. The predicted octanol–water partition coefficient (Wildman–Crippen LogP) is 2.77. The summed E-state index contributed by atoms with van der Waals surface area (Å²) in [6.45, 7) is 7.19. The van der Waals surface area contributed by atoms with Crippen molar-refractivity contribution in [1.82, 2.24) is 15.2 Å². The zero-order chi connectivity index (χ0) is 17.5. The van der Waals surface area contributed by atoms with Gasteiger partial charge in [0, 0.05) is 56.8 Å². The third-order valence-corrected chi connectivity index (χ3v) is 4.62. The molecule has 134 valence electrons. The van der Waals surface area contributed by atoms with Crippen LogP contribution in [0.3, 0.4) is 0 Å². The minimum absolute atomic E-state index is 0.347. The number of methoxy groups -OCH3 is 1. The van der Waals surface area contributed by atoms with Crippen molar-refractivity contribution in [2.75, 3.05) is 33.4 Å². The van der Waals surface area contributed by atoms with E-state index >= 15 is 0 Å². The summed E-state index contributed by atoms with van der Waals surface area (Å²) in [5.41, 5.74) is 3.65. The molecule has 5 heteroatoms. The lowest BCUT2D eigenvalue weighted by Crippen LogP contribution is -2.45. The number of piperazine rings is 1. The number of hydrogen-bond acceptors (Lipinski definition) is 5. The second kappa shape index (κ2) is 8.94. The molecule has 5 nitrogen and oxygen atoms in total. The Kier molecular flexibility index (Phi) is 6.39. The van der Waals surface area contributed by atoms with Gasteiger partial charge in [-0.2, -0.15) is 0 Å². The average molecular weight is 341 g/mol. The lowest BCUT2D eigenvalue weighted by Gasteiger charge is -2.36. The van der Waals surface area contributed by atoms with E-state index in [1.807, 2.05) is 31.5 Å². The summed E-state index contributed by atoms with van der Waals surface area (Å²) in [6.07, 6.45) is 3.80. The number of rotatable bonds is 7. The number of aromatic nitrogens is 1. The number of nitrogens with one attached hydrogen (secondary N) is 1. The van der Waals surface area contributed by atoms with E-state index in [1.54, 1.807) is 7.11 Å². The molecule has 1 N–H and O–H groups in total. The number of benzene rings is 1. The van der Waals surface area contributed by atoms with Gasteiger partial charge in [-0.05, 0) is 36.2 Å². The van der Waals surface area contributed by atoms with E-state index in [2.05, 4.69) is 33.4 Å². The fourth-order valence-corrected chi connectivity index (χ4v) is 3.33. The van der Waals surface area contributed by atoms with Crippen LogP contribution in [0.15, 0.2) is 42.7 Å². The van der Waals surface area contributed by atoms with Crippen molar-refractivity contribution in [2.24, 2.45) is 0 Å². The van der Waals surface area contributed by atoms with Crippen LogP contribution in [0.1, 0.15) is 29.7 Å². The highest BCUT2D eigenvalue weighted by Gasteiger charge is 2.24. The van der Waals surface area contributed by atoms with Crippen molar-refractivity contribution in [1.29, 1.82) is 0 Å². The Morgan fingerprint density at radius 3 is 3.00 bits per heavy atom. The molecule has 0 spiro atoms. The standard InChI is InChI=1S/C20H27N3O2/c1-3-25-15-18-11-16(6-7-20(18)24-2)14-23-10-9-22-13-19(23)17-5-4-8-21-12-17/h4-8,11-12,19,22H,3,9-10,13-15H2,1-2H3. The van der Waals surface area contributed by atoms with Crippen molar-refractivity contribution >= 4 is 0 Å². The van der Waals surface area contributed by atoms with Gasteiger partial charge in [-0.25, -0.2) is 0 Å². The van der Waals surface area contributed by atoms with Gasteiger partial charge < -0.3 is 14.8 Å². The van der Waals surface area contributed by atoms with E-state index in [-0.39, 0.29) is 0 Å². The average Bonchev–Trinajstić information content (AvgIpc) is 2.67. The van der Waals surface area contributed by atoms with Crippen LogP contribution in [-0.4, -0.2) is 43.2 Å². The van der Waals surface area contributed by atoms with Gasteiger partial charge in [0.05, 0.1) is 13.7 Å². The van der Waals surface area contributed by atoms with Crippen molar-refractivity contribution in [2.45, 2.75) is 26.1 Å². The zero-order valence-corrected chi connectivity index (χ0v) is 15.1. The highest BCUT2D eigenvalue weighted by molar-refractivity contribution is 5.37. The van der Waals surface area contributed by atoms with Crippen molar-refractivity contribution in [3.63, 3.8) is 0 Å². The van der Waals surface area contributed by atoms with Crippen LogP contribution in [-0.2, 0) is 17.9 Å². The van der Waals surface area contributed by atoms with Gasteiger partial charge in [0.15, 0.2) is 0 Å². The van der Waals surface area contributed by atoms with Crippen LogP contribution >= 0.6 is 0 Å². The fraction of sp³-hybridized carbons (Fsp3) is 0.450. The Morgan fingerprint density at radius 1 is 1.32 bits per heavy atom. The Morgan fingerprint density at radius 2 is 2.24 bits per heavy atom. The quantitative estimate of drug-likeness (QED) is 0.839. The van der Waals surface area contributed by atoms with Gasteiger partial charge in [-0.3, -0.25) is 9.88 Å². The SMILES string of the molecule is CCOCc1cc(CN2CCNCC2c2cccnc2)ccc1OC. The first-order valence-electron chi connectivity index (χ1n) is 8.90. The van der Waals surface area contributed by atoms with Crippen LogP contribution in [0.5, 0.6) is 5.75 Å². The van der Waals surface area contributed by atoms with Crippen molar-refractivity contribution in [3.8, 4) is 5.75 Å². The molecule has 1 atom stereocenters. The van der Waals surface area contributed by atoms with Crippen LogP contribution in [0.2, 0.25) is 0 Å². The third kappa shape index (κ3) is 4.57. The third-order valence-electron chi connectivity index (χ3n) is 4.62. The Bertz CT molecular complexity index is 663. The molecule has 1 fully saturated rings. The summed E-state index contributed by atoms with van der Waals surface area (Å²) >= 11 is 0. The van der Waals surface area contributed by atoms with E-state index in [0.717, 1.165) is 37.5 Å². The van der Waals surface area contributed by atoms with Gasteiger partial charge in [0.1, 0.15) is 5.75 Å². The van der Waals surface area contributed by atoms with Crippen LogP contribution in [0, 0.1) is 0 Å². The summed E-state index contributed by atoms with van der Waals surface area (Å²) in [5, 5.41) is 3.50. The first-order valence-corrected chi connectivity index (χ1v) is 8.90. The summed E-state index contributed by atoms with van der Waals surface area (Å²) in [5.74, 6) is 0.890. The van der Waals surface area contributed by atoms with Crippen molar-refractivity contribution < 1.29 is 9.47 Å². The molecule has 25 heavy (non-hydrogen) atoms. The molecule has 0 aliphatic carbocycles. The summed E-state index contributed by atoms with van der Waals surface area (Å²) in [6, 6.07) is 10.9. The molecule has 1 aromatic heterocycles.